The number of H-pyrrole nitrogens is 1. The van der Waals surface area contributed by atoms with E-state index in [9.17, 15) is 9.59 Å². The van der Waals surface area contributed by atoms with Gasteiger partial charge in [-0.1, -0.05) is 18.2 Å². The first kappa shape index (κ1) is 10.3. The minimum Gasteiger partial charge on any atom is -0.354 e. The van der Waals surface area contributed by atoms with Crippen LogP contribution in [0.3, 0.4) is 0 Å². The monoisotopic (exact) mass is 247 g/mol. The van der Waals surface area contributed by atoms with Gasteiger partial charge in [0.15, 0.2) is 11.6 Å². The highest BCUT2D eigenvalue weighted by Gasteiger charge is 2.23. The van der Waals surface area contributed by atoms with Gasteiger partial charge < -0.3 is 4.98 Å². The molecule has 0 saturated heterocycles. The van der Waals surface area contributed by atoms with Crippen molar-refractivity contribution in [2.75, 3.05) is 0 Å². The molecule has 0 atom stereocenters. The SMILES string of the molecule is O=C1C=CC(=O)c2c1ccc1[nH]c3ccccc3c21. The number of para-hydroxylation sites is 1. The molecule has 2 aromatic carbocycles. The first-order valence-corrected chi connectivity index (χ1v) is 6.06. The molecule has 3 heteroatoms. The lowest BCUT2D eigenvalue weighted by Gasteiger charge is -2.10. The predicted octanol–water partition coefficient (Wildman–Crippen LogP) is 3.26. The first-order valence-electron chi connectivity index (χ1n) is 6.06. The second-order valence-electron chi connectivity index (χ2n) is 4.64. The number of aromatic amines is 1. The smallest absolute Gasteiger partial charge is 0.187 e. The van der Waals surface area contributed by atoms with Gasteiger partial charge in [-0.25, -0.2) is 0 Å². The average Bonchev–Trinajstić information content (AvgIpc) is 2.81. The lowest BCUT2D eigenvalue weighted by molar-refractivity contribution is 0.0995. The van der Waals surface area contributed by atoms with Crippen LogP contribution in [0.1, 0.15) is 20.7 Å². The van der Waals surface area contributed by atoms with Crippen molar-refractivity contribution in [2.45, 2.75) is 0 Å². The number of fused-ring (bicyclic) bond motifs is 5. The number of hydrogen-bond donors (Lipinski definition) is 1. The Morgan fingerprint density at radius 3 is 2.47 bits per heavy atom. The fourth-order valence-electron chi connectivity index (χ4n) is 2.73. The summed E-state index contributed by atoms with van der Waals surface area (Å²) in [6.45, 7) is 0. The second-order valence-corrected chi connectivity index (χ2v) is 4.64. The Labute approximate surface area is 108 Å². The van der Waals surface area contributed by atoms with Crippen LogP contribution in [0.5, 0.6) is 0 Å². The lowest BCUT2D eigenvalue weighted by atomic mass is 9.91. The molecule has 0 fully saturated rings. The molecule has 1 aromatic heterocycles. The number of nitrogens with one attached hydrogen (secondary N) is 1. The maximum absolute atomic E-state index is 12.1. The lowest BCUT2D eigenvalue weighted by Crippen LogP contribution is -2.11. The number of ketones is 2. The van der Waals surface area contributed by atoms with Gasteiger partial charge in [0.05, 0.1) is 0 Å². The van der Waals surface area contributed by atoms with Crippen molar-refractivity contribution < 1.29 is 9.59 Å². The Morgan fingerprint density at radius 2 is 1.58 bits per heavy atom. The quantitative estimate of drug-likeness (QED) is 0.662. The van der Waals surface area contributed by atoms with E-state index >= 15 is 0 Å². The summed E-state index contributed by atoms with van der Waals surface area (Å²) >= 11 is 0. The summed E-state index contributed by atoms with van der Waals surface area (Å²) in [5.74, 6) is -0.216. The summed E-state index contributed by atoms with van der Waals surface area (Å²) in [6, 6.07) is 11.4. The number of benzene rings is 2. The fourth-order valence-corrected chi connectivity index (χ4v) is 2.73. The number of hydrogen-bond acceptors (Lipinski definition) is 2. The van der Waals surface area contributed by atoms with Gasteiger partial charge in [-0.3, -0.25) is 9.59 Å². The highest BCUT2D eigenvalue weighted by Crippen LogP contribution is 2.32. The average molecular weight is 247 g/mol. The number of carbonyl (C=O) groups excluding carboxylic acids is 2. The molecule has 1 N–H and O–H groups in total. The molecule has 1 aliphatic carbocycles. The Balaban J connectivity index is 2.27. The van der Waals surface area contributed by atoms with E-state index < -0.39 is 0 Å². The van der Waals surface area contributed by atoms with Crippen molar-refractivity contribution in [2.24, 2.45) is 0 Å². The predicted molar refractivity (Wildman–Crippen MR) is 73.6 cm³/mol. The Morgan fingerprint density at radius 1 is 0.789 bits per heavy atom. The van der Waals surface area contributed by atoms with Crippen molar-refractivity contribution in [3.05, 3.63) is 59.7 Å². The van der Waals surface area contributed by atoms with Crippen LogP contribution < -0.4 is 0 Å². The Bertz CT molecular complexity index is 900. The molecule has 3 aromatic rings. The molecular weight excluding hydrogens is 238 g/mol. The van der Waals surface area contributed by atoms with Gasteiger partial charge in [-0.05, 0) is 30.4 Å². The molecule has 0 amide bonds. The summed E-state index contributed by atoms with van der Waals surface area (Å²) in [4.78, 5) is 27.3. The minimum absolute atomic E-state index is 0.107. The molecule has 19 heavy (non-hydrogen) atoms. The maximum Gasteiger partial charge on any atom is 0.187 e. The second kappa shape index (κ2) is 3.42. The van der Waals surface area contributed by atoms with Crippen LogP contribution in [0, 0.1) is 0 Å². The third-order valence-electron chi connectivity index (χ3n) is 3.57. The van der Waals surface area contributed by atoms with Gasteiger partial charge in [0.2, 0.25) is 0 Å². The summed E-state index contributed by atoms with van der Waals surface area (Å²) in [7, 11) is 0. The Kier molecular flexibility index (Phi) is 1.85. The third-order valence-corrected chi connectivity index (χ3v) is 3.57. The standard InChI is InChI=1S/C16H9NO2/c18-13-7-8-14(19)16-10(13)5-6-12-15(16)9-3-1-2-4-11(9)17-12/h1-8,17H. The number of rotatable bonds is 0. The van der Waals surface area contributed by atoms with Gasteiger partial charge >= 0.3 is 0 Å². The molecule has 0 bridgehead atoms. The highest BCUT2D eigenvalue weighted by atomic mass is 16.1. The van der Waals surface area contributed by atoms with E-state index in [0.29, 0.717) is 11.1 Å². The first-order chi connectivity index (χ1) is 9.25. The van der Waals surface area contributed by atoms with Gasteiger partial charge in [0, 0.05) is 32.9 Å². The van der Waals surface area contributed by atoms with Crippen molar-refractivity contribution in [3.8, 4) is 0 Å². The van der Waals surface area contributed by atoms with E-state index in [1.807, 2.05) is 30.3 Å². The molecule has 1 aliphatic rings. The van der Waals surface area contributed by atoms with E-state index in [2.05, 4.69) is 4.98 Å². The molecule has 4 rings (SSSR count). The zero-order valence-electron chi connectivity index (χ0n) is 9.94. The molecule has 0 spiro atoms. The van der Waals surface area contributed by atoms with E-state index in [1.54, 1.807) is 6.07 Å². The zero-order chi connectivity index (χ0) is 13.0. The Hall–Kier alpha value is -2.68. The molecular formula is C16H9NO2. The third kappa shape index (κ3) is 1.27. The number of carbonyl (C=O) groups is 2. The van der Waals surface area contributed by atoms with Crippen LogP contribution in [-0.4, -0.2) is 16.6 Å². The molecule has 0 radical (unpaired) electrons. The maximum atomic E-state index is 12.1. The van der Waals surface area contributed by atoms with Gasteiger partial charge in [-0.2, -0.15) is 0 Å². The van der Waals surface area contributed by atoms with Crippen LogP contribution in [0.25, 0.3) is 21.8 Å². The number of allylic oxidation sites excluding steroid dienone is 2. The normalized spacial score (nSPS) is 14.3. The number of aromatic nitrogens is 1. The van der Waals surface area contributed by atoms with Crippen LogP contribution in [0.15, 0.2) is 48.6 Å². The van der Waals surface area contributed by atoms with Gasteiger partial charge in [-0.15, -0.1) is 0 Å². The molecule has 1 heterocycles. The molecule has 3 nitrogen and oxygen atoms in total. The zero-order valence-corrected chi connectivity index (χ0v) is 9.94. The van der Waals surface area contributed by atoms with E-state index in [-0.39, 0.29) is 11.6 Å². The van der Waals surface area contributed by atoms with Crippen LogP contribution in [-0.2, 0) is 0 Å². The van der Waals surface area contributed by atoms with Crippen LogP contribution >= 0.6 is 0 Å². The molecule has 90 valence electrons. The fraction of sp³-hybridized carbons (Fsp3) is 0. The van der Waals surface area contributed by atoms with Gasteiger partial charge in [0.25, 0.3) is 0 Å². The van der Waals surface area contributed by atoms with Crippen molar-refractivity contribution >= 4 is 33.4 Å². The van der Waals surface area contributed by atoms with Crippen LogP contribution in [0.4, 0.5) is 0 Å². The van der Waals surface area contributed by atoms with Crippen LogP contribution in [0.2, 0.25) is 0 Å². The summed E-state index contributed by atoms with van der Waals surface area (Å²) in [6.07, 6.45) is 2.69. The topological polar surface area (TPSA) is 49.9 Å². The molecule has 0 aliphatic heterocycles. The molecule has 0 saturated carbocycles. The van der Waals surface area contributed by atoms with Crippen molar-refractivity contribution in [1.29, 1.82) is 0 Å². The van der Waals surface area contributed by atoms with E-state index in [1.165, 1.54) is 12.2 Å². The van der Waals surface area contributed by atoms with E-state index in [0.717, 1.165) is 21.8 Å². The summed E-state index contributed by atoms with van der Waals surface area (Å²) in [5.41, 5.74) is 2.87. The van der Waals surface area contributed by atoms with Crippen molar-refractivity contribution in [3.63, 3.8) is 0 Å². The summed E-state index contributed by atoms with van der Waals surface area (Å²) < 4.78 is 0. The van der Waals surface area contributed by atoms with Crippen molar-refractivity contribution in [1.82, 2.24) is 4.98 Å². The highest BCUT2D eigenvalue weighted by molar-refractivity contribution is 6.30. The van der Waals surface area contributed by atoms with E-state index in [4.69, 9.17) is 0 Å². The van der Waals surface area contributed by atoms with Gasteiger partial charge in [0.1, 0.15) is 0 Å². The minimum atomic E-state index is -0.109. The summed E-state index contributed by atoms with van der Waals surface area (Å²) in [5, 5.41) is 1.82. The molecule has 0 unspecified atom stereocenters. The largest absolute Gasteiger partial charge is 0.354 e.